The van der Waals surface area contributed by atoms with Crippen molar-refractivity contribution in [1.82, 2.24) is 9.80 Å². The van der Waals surface area contributed by atoms with Gasteiger partial charge in [-0.25, -0.2) is 0 Å². The molecule has 8 atom stereocenters. The monoisotopic (exact) mass is 360 g/mol. The topological polar surface area (TPSA) is 115 Å². The largest absolute Gasteiger partial charge is 0.395 e. The predicted octanol–water partition coefficient (Wildman–Crippen LogP) is -1.76. The summed E-state index contributed by atoms with van der Waals surface area (Å²) < 4.78 is 0. The third kappa shape index (κ3) is 1.63. The number of carbonyl (C=O) groups excluding carboxylic acids is 4. The number of carbonyl (C=O) groups is 4. The van der Waals surface area contributed by atoms with Gasteiger partial charge in [0.1, 0.15) is 0 Å². The zero-order valence-electron chi connectivity index (χ0n) is 14.0. The average molecular weight is 360 g/mol. The molecule has 0 spiro atoms. The molecule has 2 aliphatic heterocycles. The number of hydrogen-bond donors (Lipinski definition) is 2. The number of β-amino-alcohol motifs (C(OH)–C–C–N with tert-alkyl or cyclic N) is 2. The molecule has 6 aliphatic rings. The van der Waals surface area contributed by atoms with Gasteiger partial charge in [0, 0.05) is 0 Å². The summed E-state index contributed by atoms with van der Waals surface area (Å²) in [6.07, 6.45) is 3.90. The molecule has 0 unspecified atom stereocenters. The van der Waals surface area contributed by atoms with E-state index >= 15 is 0 Å². The summed E-state index contributed by atoms with van der Waals surface area (Å²) in [5.74, 6) is -3.51. The van der Waals surface area contributed by atoms with Crippen LogP contribution < -0.4 is 0 Å². The Bertz CT molecular complexity index is 707. The summed E-state index contributed by atoms with van der Waals surface area (Å²) in [4.78, 5) is 53.2. The summed E-state index contributed by atoms with van der Waals surface area (Å²) >= 11 is 0. The van der Waals surface area contributed by atoms with E-state index < -0.39 is 23.7 Å². The highest BCUT2D eigenvalue weighted by molar-refractivity contribution is 6.09. The Labute approximate surface area is 149 Å². The normalized spacial score (nSPS) is 45.2. The van der Waals surface area contributed by atoms with Gasteiger partial charge >= 0.3 is 0 Å². The summed E-state index contributed by atoms with van der Waals surface area (Å²) in [7, 11) is 0. The zero-order chi connectivity index (χ0) is 18.3. The molecule has 0 radical (unpaired) electrons. The molecule has 2 bridgehead atoms. The van der Waals surface area contributed by atoms with Crippen molar-refractivity contribution in [2.45, 2.75) is 0 Å². The second-order valence-electron chi connectivity index (χ2n) is 7.90. The number of aliphatic hydroxyl groups excluding tert-OH is 2. The highest BCUT2D eigenvalue weighted by atomic mass is 16.3. The number of allylic oxidation sites excluding steroid dienone is 2. The van der Waals surface area contributed by atoms with E-state index in [9.17, 15) is 19.2 Å². The Morgan fingerprint density at radius 2 is 1.00 bits per heavy atom. The summed E-state index contributed by atoms with van der Waals surface area (Å²) in [5, 5.41) is 18.3. The van der Waals surface area contributed by atoms with E-state index in [0.717, 1.165) is 9.80 Å². The van der Waals surface area contributed by atoms with Crippen molar-refractivity contribution in [2.75, 3.05) is 26.3 Å². The van der Waals surface area contributed by atoms with Crippen LogP contribution in [0.15, 0.2) is 12.2 Å². The fraction of sp³-hybridized carbons (Fsp3) is 0.667. The zero-order valence-corrected chi connectivity index (χ0v) is 14.0. The highest BCUT2D eigenvalue weighted by Crippen LogP contribution is 2.68. The molecular weight excluding hydrogens is 340 g/mol. The smallest absolute Gasteiger partial charge is 0.233 e. The molecule has 2 saturated carbocycles. The van der Waals surface area contributed by atoms with E-state index in [1.165, 1.54) is 0 Å². The molecule has 4 aliphatic carbocycles. The first-order valence-corrected chi connectivity index (χ1v) is 9.13. The van der Waals surface area contributed by atoms with E-state index in [1.807, 2.05) is 12.2 Å². The molecule has 2 saturated heterocycles. The predicted molar refractivity (Wildman–Crippen MR) is 84.7 cm³/mol. The van der Waals surface area contributed by atoms with Gasteiger partial charge in [0.05, 0.1) is 50.0 Å². The number of amides is 4. The van der Waals surface area contributed by atoms with E-state index in [1.54, 1.807) is 0 Å². The van der Waals surface area contributed by atoms with Crippen LogP contribution in [0.5, 0.6) is 0 Å². The second-order valence-corrected chi connectivity index (χ2v) is 7.90. The maximum absolute atomic E-state index is 12.8. The molecule has 8 nitrogen and oxygen atoms in total. The summed E-state index contributed by atoms with van der Waals surface area (Å²) in [6.45, 7) is -0.545. The van der Waals surface area contributed by atoms with Crippen molar-refractivity contribution < 1.29 is 29.4 Å². The van der Waals surface area contributed by atoms with E-state index in [2.05, 4.69) is 0 Å². The van der Waals surface area contributed by atoms with Crippen LogP contribution in [-0.4, -0.2) is 69.9 Å². The fourth-order valence-electron chi connectivity index (χ4n) is 6.37. The Balaban J connectivity index is 1.51. The van der Waals surface area contributed by atoms with Crippen LogP contribution in [0.3, 0.4) is 0 Å². The first kappa shape index (κ1) is 16.1. The molecule has 0 aromatic rings. The number of imide groups is 2. The highest BCUT2D eigenvalue weighted by Gasteiger charge is 2.74. The van der Waals surface area contributed by atoms with Gasteiger partial charge in [-0.05, 0) is 23.7 Å². The van der Waals surface area contributed by atoms with Crippen molar-refractivity contribution in [3.05, 3.63) is 12.2 Å². The van der Waals surface area contributed by atoms with Gasteiger partial charge in [-0.15, -0.1) is 0 Å². The van der Waals surface area contributed by atoms with Crippen LogP contribution in [0.4, 0.5) is 0 Å². The minimum absolute atomic E-state index is 0.00185. The van der Waals surface area contributed by atoms with Crippen molar-refractivity contribution in [2.24, 2.45) is 47.3 Å². The Morgan fingerprint density at radius 1 is 0.654 bits per heavy atom. The van der Waals surface area contributed by atoms with E-state index in [-0.39, 0.29) is 73.6 Å². The lowest BCUT2D eigenvalue weighted by atomic mass is 9.40. The van der Waals surface area contributed by atoms with Crippen LogP contribution in [0, 0.1) is 47.3 Å². The second kappa shape index (κ2) is 5.23. The van der Waals surface area contributed by atoms with Crippen molar-refractivity contribution in [3.8, 4) is 0 Å². The lowest BCUT2D eigenvalue weighted by molar-refractivity contribution is -0.166. The molecule has 0 aromatic carbocycles. The molecule has 6 rings (SSSR count). The van der Waals surface area contributed by atoms with Gasteiger partial charge in [-0.2, -0.15) is 0 Å². The van der Waals surface area contributed by atoms with Gasteiger partial charge in [-0.1, -0.05) is 12.2 Å². The van der Waals surface area contributed by atoms with E-state index in [4.69, 9.17) is 10.2 Å². The quantitative estimate of drug-likeness (QED) is 0.453. The van der Waals surface area contributed by atoms with Gasteiger partial charge in [0.25, 0.3) is 0 Å². The van der Waals surface area contributed by atoms with Crippen LogP contribution in [0.2, 0.25) is 0 Å². The number of likely N-dealkylation sites (tertiary alicyclic amines) is 2. The minimum atomic E-state index is -0.485. The first-order valence-electron chi connectivity index (χ1n) is 9.13. The number of fused-ring (bicyclic) bond motifs is 1. The molecule has 0 aromatic heterocycles. The van der Waals surface area contributed by atoms with Crippen molar-refractivity contribution >= 4 is 23.6 Å². The van der Waals surface area contributed by atoms with Crippen LogP contribution >= 0.6 is 0 Å². The fourth-order valence-corrected chi connectivity index (χ4v) is 6.37. The molecule has 8 heteroatoms. The molecule has 138 valence electrons. The summed E-state index contributed by atoms with van der Waals surface area (Å²) in [6, 6.07) is 0. The van der Waals surface area contributed by atoms with Crippen LogP contribution in [0.1, 0.15) is 0 Å². The maximum Gasteiger partial charge on any atom is 0.233 e. The van der Waals surface area contributed by atoms with Crippen molar-refractivity contribution in [3.63, 3.8) is 0 Å². The van der Waals surface area contributed by atoms with Crippen molar-refractivity contribution in [1.29, 1.82) is 0 Å². The average Bonchev–Trinajstić information content (AvgIpc) is 2.97. The molecular formula is C18H20N2O6. The molecule has 2 heterocycles. The first-order chi connectivity index (χ1) is 12.5. The molecule has 4 amide bonds. The number of nitrogens with zero attached hydrogens (tertiary/aromatic N) is 2. The molecule has 26 heavy (non-hydrogen) atoms. The van der Waals surface area contributed by atoms with Gasteiger partial charge in [0.2, 0.25) is 23.6 Å². The van der Waals surface area contributed by atoms with Gasteiger partial charge < -0.3 is 10.2 Å². The maximum atomic E-state index is 12.8. The standard InChI is InChI=1S/C18H20N2O6/c21-5-3-19-15(23)11-7-1-2-8(12(11)16(19)24)10-9(7)13-14(10)18(26)20(4-6-22)17(13)25/h1-2,7-14,21-22H,3-6H2/t7-,8+,9+,10-,11+,12-,13+,14-. The van der Waals surface area contributed by atoms with Gasteiger partial charge in [0.15, 0.2) is 0 Å². The van der Waals surface area contributed by atoms with E-state index in [0.29, 0.717) is 0 Å². The minimum Gasteiger partial charge on any atom is -0.395 e. The summed E-state index contributed by atoms with van der Waals surface area (Å²) in [5.41, 5.74) is 0. The SMILES string of the molecule is O=C1[C@@H]2[C@H]3C=C[C@@H]([C@@H]2C(=O)N1CCO)[C@@H]1[C@@H]2C(=O)N(CCO)C(=O)[C@@H]2[C@H]31. The third-order valence-corrected chi connectivity index (χ3v) is 7.17. The number of rotatable bonds is 4. The Hall–Kier alpha value is -2.06. The van der Waals surface area contributed by atoms with Gasteiger partial charge in [-0.3, -0.25) is 29.0 Å². The third-order valence-electron chi connectivity index (χ3n) is 7.17. The number of hydrogen-bond acceptors (Lipinski definition) is 6. The van der Waals surface area contributed by atoms with Crippen LogP contribution in [-0.2, 0) is 19.2 Å². The molecule has 2 N–H and O–H groups in total. The van der Waals surface area contributed by atoms with Crippen LogP contribution in [0.25, 0.3) is 0 Å². The Kier molecular flexibility index (Phi) is 3.25. The lowest BCUT2D eigenvalue weighted by Crippen LogP contribution is -2.63. The lowest BCUT2D eigenvalue weighted by Gasteiger charge is -2.60. The Morgan fingerprint density at radius 3 is 1.35 bits per heavy atom. The number of aliphatic hydroxyl groups is 2. The molecule has 4 fully saturated rings.